The zero-order valence-corrected chi connectivity index (χ0v) is 13.8. The van der Waals surface area contributed by atoms with E-state index in [0.717, 1.165) is 0 Å². The predicted molar refractivity (Wildman–Crippen MR) is 85.2 cm³/mol. The molecule has 1 aliphatic heterocycles. The van der Waals surface area contributed by atoms with Crippen LogP contribution in [0.15, 0.2) is 23.4 Å². The van der Waals surface area contributed by atoms with Gasteiger partial charge in [-0.25, -0.2) is 8.42 Å². The van der Waals surface area contributed by atoms with E-state index in [1.807, 2.05) is 0 Å². The lowest BCUT2D eigenvalue weighted by atomic mass is 10.2. The summed E-state index contributed by atoms with van der Waals surface area (Å²) in [5.41, 5.74) is 0.566. The topological polar surface area (TPSA) is 84.8 Å². The van der Waals surface area contributed by atoms with Crippen molar-refractivity contribution in [2.45, 2.75) is 12.5 Å². The number of benzene rings is 1. The monoisotopic (exact) mass is 364 g/mol. The minimum atomic E-state index is -3.02. The van der Waals surface area contributed by atoms with Gasteiger partial charge in [0.05, 0.1) is 27.8 Å². The van der Waals surface area contributed by atoms with E-state index in [9.17, 15) is 13.2 Å². The van der Waals surface area contributed by atoms with Crippen molar-refractivity contribution in [1.29, 1.82) is 0 Å². The standard InChI is InChI=1S/C13H14Cl2N2O4S/c14-11-3-1-2-9(13(11)15)6-16-21-7-12(18)17-10-4-5-22(19,20)8-10/h1-3,6,10H,4-5,7-8H2,(H,17,18)/b16-6-/t10-/m1/s1. The lowest BCUT2D eigenvalue weighted by molar-refractivity contribution is -0.126. The lowest BCUT2D eigenvalue weighted by Crippen LogP contribution is -2.37. The van der Waals surface area contributed by atoms with Crippen LogP contribution >= 0.6 is 23.2 Å². The number of sulfone groups is 1. The summed E-state index contributed by atoms with van der Waals surface area (Å²) in [6.45, 7) is -0.300. The highest BCUT2D eigenvalue weighted by molar-refractivity contribution is 7.91. The summed E-state index contributed by atoms with van der Waals surface area (Å²) in [5, 5.41) is 6.97. The van der Waals surface area contributed by atoms with Crippen molar-refractivity contribution in [1.82, 2.24) is 5.32 Å². The Kier molecular flexibility index (Phi) is 5.66. The fraction of sp³-hybridized carbons (Fsp3) is 0.385. The van der Waals surface area contributed by atoms with Gasteiger partial charge >= 0.3 is 0 Å². The third-order valence-electron chi connectivity index (χ3n) is 3.04. The van der Waals surface area contributed by atoms with Gasteiger partial charge in [0.25, 0.3) is 5.91 Å². The normalized spacial score (nSPS) is 20.2. The highest BCUT2D eigenvalue weighted by Crippen LogP contribution is 2.24. The molecule has 1 aliphatic rings. The predicted octanol–water partition coefficient (Wildman–Crippen LogP) is 1.65. The van der Waals surface area contributed by atoms with Crippen molar-refractivity contribution >= 4 is 45.2 Å². The summed E-state index contributed by atoms with van der Waals surface area (Å²) in [6, 6.07) is 4.70. The summed E-state index contributed by atoms with van der Waals surface area (Å²) in [5.74, 6) is -0.346. The lowest BCUT2D eigenvalue weighted by Gasteiger charge is -2.09. The second-order valence-electron chi connectivity index (χ2n) is 4.82. The Hall–Kier alpha value is -1.31. The summed E-state index contributed by atoms with van der Waals surface area (Å²) >= 11 is 11.8. The molecule has 0 radical (unpaired) electrons. The minimum Gasteiger partial charge on any atom is -0.386 e. The molecule has 1 saturated heterocycles. The molecule has 22 heavy (non-hydrogen) atoms. The second-order valence-corrected chi connectivity index (χ2v) is 7.83. The molecule has 0 aliphatic carbocycles. The number of hydrogen-bond acceptors (Lipinski definition) is 5. The summed E-state index contributed by atoms with van der Waals surface area (Å²) < 4.78 is 22.5. The van der Waals surface area contributed by atoms with Crippen molar-refractivity contribution in [3.8, 4) is 0 Å². The fourth-order valence-electron chi connectivity index (χ4n) is 1.99. The van der Waals surface area contributed by atoms with Crippen LogP contribution in [0.1, 0.15) is 12.0 Å². The fourth-order valence-corrected chi connectivity index (χ4v) is 4.02. The average molecular weight is 365 g/mol. The quantitative estimate of drug-likeness (QED) is 0.635. The van der Waals surface area contributed by atoms with Crippen LogP contribution in [0.2, 0.25) is 10.0 Å². The molecule has 9 heteroatoms. The second kappa shape index (κ2) is 7.30. The zero-order valence-electron chi connectivity index (χ0n) is 11.5. The Balaban J connectivity index is 1.77. The molecule has 120 valence electrons. The first kappa shape index (κ1) is 17.1. The van der Waals surface area contributed by atoms with E-state index in [1.165, 1.54) is 6.21 Å². The van der Waals surface area contributed by atoms with Crippen molar-refractivity contribution in [3.05, 3.63) is 33.8 Å². The van der Waals surface area contributed by atoms with Crippen molar-refractivity contribution < 1.29 is 18.0 Å². The van der Waals surface area contributed by atoms with E-state index >= 15 is 0 Å². The summed E-state index contributed by atoms with van der Waals surface area (Å²) in [7, 11) is -3.02. The first-order valence-electron chi connectivity index (χ1n) is 6.46. The van der Waals surface area contributed by atoms with E-state index in [4.69, 9.17) is 28.0 Å². The number of halogens is 2. The maximum atomic E-state index is 11.6. The molecular formula is C13H14Cl2N2O4S. The van der Waals surface area contributed by atoms with Gasteiger partial charge < -0.3 is 10.2 Å². The maximum absolute atomic E-state index is 11.6. The molecular weight excluding hydrogens is 351 g/mol. The van der Waals surface area contributed by atoms with Crippen LogP contribution in [0.25, 0.3) is 0 Å². The van der Waals surface area contributed by atoms with Crippen molar-refractivity contribution in [2.75, 3.05) is 18.1 Å². The van der Waals surface area contributed by atoms with Crippen LogP contribution < -0.4 is 5.32 Å². The SMILES string of the molecule is O=C(CO/N=C\c1cccc(Cl)c1Cl)N[C@@H]1CCS(=O)(=O)C1. The van der Waals surface area contributed by atoms with Gasteiger partial charge in [-0.3, -0.25) is 4.79 Å². The Labute approximate surface area is 138 Å². The maximum Gasteiger partial charge on any atom is 0.261 e. The van der Waals surface area contributed by atoms with E-state index in [0.29, 0.717) is 22.0 Å². The molecule has 1 heterocycles. The Morgan fingerprint density at radius 1 is 1.45 bits per heavy atom. The van der Waals surface area contributed by atoms with Crippen LogP contribution in [-0.2, 0) is 19.5 Å². The summed E-state index contributed by atoms with van der Waals surface area (Å²) in [4.78, 5) is 16.5. The Bertz CT molecular complexity index is 691. The van der Waals surface area contributed by atoms with E-state index in [1.54, 1.807) is 18.2 Å². The molecule has 0 bridgehead atoms. The van der Waals surface area contributed by atoms with E-state index < -0.39 is 15.7 Å². The smallest absolute Gasteiger partial charge is 0.261 e. The van der Waals surface area contributed by atoms with Gasteiger partial charge in [-0.1, -0.05) is 40.5 Å². The van der Waals surface area contributed by atoms with E-state index in [-0.39, 0.29) is 24.2 Å². The van der Waals surface area contributed by atoms with E-state index in [2.05, 4.69) is 10.5 Å². The number of amides is 1. The van der Waals surface area contributed by atoms with Crippen molar-refractivity contribution in [3.63, 3.8) is 0 Å². The number of rotatable bonds is 5. The molecule has 1 N–H and O–H groups in total. The number of hydrogen-bond donors (Lipinski definition) is 1. The highest BCUT2D eigenvalue weighted by atomic mass is 35.5. The van der Waals surface area contributed by atoms with Crippen LogP contribution in [0.5, 0.6) is 0 Å². The summed E-state index contributed by atoms with van der Waals surface area (Å²) in [6.07, 6.45) is 1.77. The molecule has 6 nitrogen and oxygen atoms in total. The Morgan fingerprint density at radius 2 is 2.23 bits per heavy atom. The molecule has 1 amide bonds. The van der Waals surface area contributed by atoms with Gasteiger partial charge in [-0.15, -0.1) is 0 Å². The largest absolute Gasteiger partial charge is 0.386 e. The zero-order chi connectivity index (χ0) is 16.2. The van der Waals surface area contributed by atoms with Gasteiger partial charge in [0.1, 0.15) is 0 Å². The van der Waals surface area contributed by atoms with Gasteiger partial charge in [0, 0.05) is 11.6 Å². The number of carbonyl (C=O) groups excluding carboxylic acids is 1. The molecule has 0 saturated carbocycles. The van der Waals surface area contributed by atoms with Crippen LogP contribution in [0.3, 0.4) is 0 Å². The Morgan fingerprint density at radius 3 is 2.91 bits per heavy atom. The van der Waals surface area contributed by atoms with Gasteiger partial charge in [-0.05, 0) is 12.5 Å². The molecule has 2 rings (SSSR count). The highest BCUT2D eigenvalue weighted by Gasteiger charge is 2.28. The third-order valence-corrected chi connectivity index (χ3v) is 5.64. The van der Waals surface area contributed by atoms with Crippen LogP contribution in [0, 0.1) is 0 Å². The van der Waals surface area contributed by atoms with Gasteiger partial charge in [0.2, 0.25) is 0 Å². The van der Waals surface area contributed by atoms with Gasteiger partial charge in [0.15, 0.2) is 16.4 Å². The molecule has 0 aromatic heterocycles. The van der Waals surface area contributed by atoms with Gasteiger partial charge in [-0.2, -0.15) is 0 Å². The molecule has 1 aromatic rings. The van der Waals surface area contributed by atoms with Crippen molar-refractivity contribution in [2.24, 2.45) is 5.16 Å². The number of oxime groups is 1. The molecule has 1 atom stereocenters. The first-order chi connectivity index (χ1) is 10.4. The molecule has 0 unspecified atom stereocenters. The number of nitrogens with zero attached hydrogens (tertiary/aromatic N) is 1. The van der Waals surface area contributed by atoms with Crippen LogP contribution in [-0.4, -0.2) is 44.7 Å². The molecule has 1 fully saturated rings. The van der Waals surface area contributed by atoms with Crippen LogP contribution in [0.4, 0.5) is 0 Å². The molecule has 1 aromatic carbocycles. The number of carbonyl (C=O) groups is 1. The average Bonchev–Trinajstić information content (AvgIpc) is 2.78. The first-order valence-corrected chi connectivity index (χ1v) is 9.04. The number of nitrogens with one attached hydrogen (secondary N) is 1. The third kappa shape index (κ3) is 4.86. The minimum absolute atomic E-state index is 0.0276. The molecule has 0 spiro atoms.